The third-order valence-corrected chi connectivity index (χ3v) is 7.43. The maximum atomic E-state index is 12.9. The number of piperidine rings is 1. The number of imidazole rings is 1. The van der Waals surface area contributed by atoms with Gasteiger partial charge in [0.2, 0.25) is 15.9 Å². The van der Waals surface area contributed by atoms with Crippen LogP contribution in [0.4, 0.5) is 0 Å². The lowest BCUT2D eigenvalue weighted by molar-refractivity contribution is -0.134. The molecule has 1 aromatic carbocycles. The zero-order valence-corrected chi connectivity index (χ0v) is 18.9. The molecular weight excluding hydrogens is 408 g/mol. The Labute approximate surface area is 177 Å². The Morgan fingerprint density at radius 1 is 1.28 bits per heavy atom. The van der Waals surface area contributed by atoms with Gasteiger partial charge in [-0.1, -0.05) is 25.1 Å². The highest BCUT2D eigenvalue weighted by Crippen LogP contribution is 2.28. The predicted molar refractivity (Wildman–Crippen MR) is 116 cm³/mol. The fourth-order valence-corrected chi connectivity index (χ4v) is 5.46. The van der Waals surface area contributed by atoms with Gasteiger partial charge in [0.15, 0.2) is 5.16 Å². The average Bonchev–Trinajstić information content (AvgIpc) is 3.00. The third kappa shape index (κ3) is 4.95. The second kappa shape index (κ2) is 9.06. The number of amides is 1. The first kappa shape index (κ1) is 22.1. The van der Waals surface area contributed by atoms with Gasteiger partial charge < -0.3 is 9.47 Å². The van der Waals surface area contributed by atoms with Gasteiger partial charge in [-0.15, -0.1) is 0 Å². The number of hydrogen-bond donors (Lipinski definition) is 1. The summed E-state index contributed by atoms with van der Waals surface area (Å²) < 4.78 is 25.4. The molecule has 2 aromatic rings. The molecule has 0 radical (unpaired) electrons. The van der Waals surface area contributed by atoms with Crippen molar-refractivity contribution in [1.82, 2.24) is 14.5 Å². The normalized spacial score (nSPS) is 20.3. The van der Waals surface area contributed by atoms with Crippen molar-refractivity contribution >= 4 is 38.7 Å². The molecule has 2 N–H and O–H groups in total. The smallest absolute Gasteiger partial charge is 0.238 e. The van der Waals surface area contributed by atoms with Crippen molar-refractivity contribution < 1.29 is 13.2 Å². The van der Waals surface area contributed by atoms with Crippen LogP contribution in [0.1, 0.15) is 52.9 Å². The van der Waals surface area contributed by atoms with Gasteiger partial charge in [-0.2, -0.15) is 0 Å². The van der Waals surface area contributed by atoms with E-state index in [1.165, 1.54) is 30.3 Å². The van der Waals surface area contributed by atoms with Crippen molar-refractivity contribution in [3.63, 3.8) is 0 Å². The summed E-state index contributed by atoms with van der Waals surface area (Å²) >= 11 is 1.42. The van der Waals surface area contributed by atoms with E-state index in [2.05, 4.69) is 30.3 Å². The molecule has 3 rings (SSSR count). The maximum absolute atomic E-state index is 12.9. The predicted octanol–water partition coefficient (Wildman–Crippen LogP) is 3.37. The molecule has 1 amide bonds. The van der Waals surface area contributed by atoms with Gasteiger partial charge in [0.1, 0.15) is 0 Å². The maximum Gasteiger partial charge on any atom is 0.238 e. The Kier molecular flexibility index (Phi) is 6.90. The molecule has 7 nitrogen and oxygen atoms in total. The van der Waals surface area contributed by atoms with Crippen molar-refractivity contribution in [3.8, 4) is 0 Å². The van der Waals surface area contributed by atoms with Crippen molar-refractivity contribution in [2.45, 2.75) is 81.6 Å². The minimum Gasteiger partial charge on any atom is -0.337 e. The highest BCUT2D eigenvalue weighted by Gasteiger charge is 2.29. The number of thioether (sulfide) groups is 1. The van der Waals surface area contributed by atoms with E-state index < -0.39 is 10.0 Å². The van der Waals surface area contributed by atoms with Crippen LogP contribution in [0.25, 0.3) is 11.0 Å². The van der Waals surface area contributed by atoms with Gasteiger partial charge in [0, 0.05) is 18.6 Å². The highest BCUT2D eigenvalue weighted by molar-refractivity contribution is 7.99. The van der Waals surface area contributed by atoms with Crippen LogP contribution in [-0.4, -0.2) is 46.6 Å². The van der Waals surface area contributed by atoms with E-state index in [4.69, 9.17) is 5.14 Å². The number of nitrogens with two attached hydrogens (primary N) is 1. The largest absolute Gasteiger partial charge is 0.337 e. The number of hydrogen-bond acceptors (Lipinski definition) is 5. The zero-order chi connectivity index (χ0) is 21.2. The standard InChI is InChI=1S/C20H30N4O3S2/c1-4-5-11-23-18-10-9-16(29(21,26)27)12-17(18)22-20(23)28-13-19(25)24-14(2)7-6-8-15(24)3/h9-10,12,14-15H,4-8,11,13H2,1-3H3,(H2,21,26,27)/t14-,15-/m1/s1. The van der Waals surface area contributed by atoms with Crippen LogP contribution >= 0.6 is 11.8 Å². The lowest BCUT2D eigenvalue weighted by Gasteiger charge is -2.39. The van der Waals surface area contributed by atoms with Crippen molar-refractivity contribution in [2.24, 2.45) is 5.14 Å². The van der Waals surface area contributed by atoms with Gasteiger partial charge in [0.25, 0.3) is 0 Å². The minimum absolute atomic E-state index is 0.0498. The molecule has 1 aromatic heterocycles. The van der Waals surface area contributed by atoms with E-state index in [0.717, 1.165) is 42.9 Å². The van der Waals surface area contributed by atoms with E-state index >= 15 is 0 Å². The molecule has 0 aliphatic carbocycles. The number of sulfonamides is 1. The lowest BCUT2D eigenvalue weighted by Crippen LogP contribution is -2.48. The summed E-state index contributed by atoms with van der Waals surface area (Å²) in [7, 11) is -3.78. The zero-order valence-electron chi connectivity index (χ0n) is 17.3. The van der Waals surface area contributed by atoms with E-state index in [0.29, 0.717) is 11.3 Å². The van der Waals surface area contributed by atoms with Gasteiger partial charge in [-0.25, -0.2) is 18.5 Å². The van der Waals surface area contributed by atoms with Crippen molar-refractivity contribution in [3.05, 3.63) is 18.2 Å². The Morgan fingerprint density at radius 3 is 2.59 bits per heavy atom. The molecule has 0 spiro atoms. The summed E-state index contributed by atoms with van der Waals surface area (Å²) in [4.78, 5) is 19.6. The highest BCUT2D eigenvalue weighted by atomic mass is 32.2. The fraction of sp³-hybridized carbons (Fsp3) is 0.600. The summed E-state index contributed by atoms with van der Waals surface area (Å²) in [6.07, 6.45) is 5.27. The molecule has 1 saturated heterocycles. The van der Waals surface area contributed by atoms with Crippen molar-refractivity contribution in [2.75, 3.05) is 5.75 Å². The molecule has 0 saturated carbocycles. The molecule has 0 unspecified atom stereocenters. The number of primary sulfonamides is 1. The third-order valence-electron chi connectivity index (χ3n) is 5.55. The second-order valence-corrected chi connectivity index (χ2v) is 10.3. The number of nitrogens with zero attached hydrogens (tertiary/aromatic N) is 3. The first-order valence-electron chi connectivity index (χ1n) is 10.2. The summed E-state index contributed by atoms with van der Waals surface area (Å²) in [5.41, 5.74) is 1.45. The number of carbonyl (C=O) groups excluding carboxylic acids is 1. The summed E-state index contributed by atoms with van der Waals surface area (Å²) in [6, 6.07) is 5.30. The molecule has 9 heteroatoms. The summed E-state index contributed by atoms with van der Waals surface area (Å²) in [6.45, 7) is 7.12. The number of aromatic nitrogens is 2. The molecule has 1 aliphatic heterocycles. The molecule has 29 heavy (non-hydrogen) atoms. The van der Waals surface area contributed by atoms with Gasteiger partial charge in [-0.3, -0.25) is 4.79 Å². The fourth-order valence-electron chi connectivity index (χ4n) is 4.02. The van der Waals surface area contributed by atoms with Crippen LogP contribution in [0, 0.1) is 0 Å². The molecule has 0 bridgehead atoms. The number of fused-ring (bicyclic) bond motifs is 1. The number of benzene rings is 1. The van der Waals surface area contributed by atoms with Gasteiger partial charge in [-0.05, 0) is 57.7 Å². The summed E-state index contributed by atoms with van der Waals surface area (Å²) in [5.74, 6) is 0.459. The van der Waals surface area contributed by atoms with E-state index in [9.17, 15) is 13.2 Å². The number of rotatable bonds is 7. The van der Waals surface area contributed by atoms with Gasteiger partial charge in [0.05, 0.1) is 21.7 Å². The minimum atomic E-state index is -3.78. The Morgan fingerprint density at radius 2 is 1.97 bits per heavy atom. The van der Waals surface area contributed by atoms with E-state index in [-0.39, 0.29) is 22.9 Å². The number of likely N-dealkylation sites (tertiary alicyclic amines) is 1. The molecule has 2 heterocycles. The molecule has 2 atom stereocenters. The van der Waals surface area contributed by atoms with Crippen LogP contribution in [-0.2, 0) is 21.4 Å². The van der Waals surface area contributed by atoms with Crippen LogP contribution in [0.2, 0.25) is 0 Å². The molecule has 1 fully saturated rings. The van der Waals surface area contributed by atoms with E-state index in [1.54, 1.807) is 6.07 Å². The lowest BCUT2D eigenvalue weighted by atomic mass is 9.98. The van der Waals surface area contributed by atoms with Crippen LogP contribution in [0.5, 0.6) is 0 Å². The quantitative estimate of drug-likeness (QED) is 0.668. The van der Waals surface area contributed by atoms with Crippen LogP contribution in [0.3, 0.4) is 0 Å². The Bertz CT molecular complexity index is 977. The second-order valence-electron chi connectivity index (χ2n) is 7.81. The summed E-state index contributed by atoms with van der Waals surface area (Å²) in [5, 5.41) is 6.00. The first-order valence-corrected chi connectivity index (χ1v) is 12.7. The average molecular weight is 439 g/mol. The van der Waals surface area contributed by atoms with Crippen molar-refractivity contribution in [1.29, 1.82) is 0 Å². The number of carbonyl (C=O) groups is 1. The monoisotopic (exact) mass is 438 g/mol. The van der Waals surface area contributed by atoms with E-state index in [1.807, 2.05) is 4.90 Å². The molecule has 1 aliphatic rings. The SMILES string of the molecule is CCCCn1c(SCC(=O)N2[C@H](C)CCC[C@H]2C)nc2cc(S(N)(=O)=O)ccc21. The Hall–Kier alpha value is -1.58. The van der Waals surface area contributed by atoms with Crippen LogP contribution < -0.4 is 5.14 Å². The number of aryl methyl sites for hydroxylation is 1. The Balaban J connectivity index is 1.86. The van der Waals surface area contributed by atoms with Crippen LogP contribution in [0.15, 0.2) is 28.3 Å². The first-order chi connectivity index (χ1) is 13.7. The molecular formula is C20H30N4O3S2. The van der Waals surface area contributed by atoms with Gasteiger partial charge >= 0.3 is 0 Å². The molecule has 160 valence electrons. The topological polar surface area (TPSA) is 98.3 Å². The number of unbranched alkanes of at least 4 members (excludes halogenated alkanes) is 1.